The monoisotopic (exact) mass is 536 g/mol. The van der Waals surface area contributed by atoms with Gasteiger partial charge in [-0.15, -0.1) is 0 Å². The topological polar surface area (TPSA) is 70.2 Å². The van der Waals surface area contributed by atoms with Crippen LogP contribution in [0.15, 0.2) is 0 Å². The first-order valence-electron chi connectivity index (χ1n) is 14.4. The summed E-state index contributed by atoms with van der Waals surface area (Å²) >= 11 is 0. The number of unbranched alkanes of at least 4 members (excludes halogenated alkanes) is 10. The van der Waals surface area contributed by atoms with Crippen LogP contribution in [0.2, 0.25) is 12.1 Å². The van der Waals surface area contributed by atoms with E-state index < -0.39 is 17.6 Å². The summed E-state index contributed by atoms with van der Waals surface area (Å²) in [6, 6.07) is 1.50. The zero-order chi connectivity index (χ0) is 26.1. The Kier molecular flexibility index (Phi) is 24.6. The van der Waals surface area contributed by atoms with Crippen LogP contribution in [0.4, 0.5) is 0 Å². The zero-order valence-corrected chi connectivity index (χ0v) is 26.2. The van der Waals surface area contributed by atoms with Crippen molar-refractivity contribution in [2.45, 2.75) is 116 Å². The van der Waals surface area contributed by atoms with Crippen molar-refractivity contribution >= 4 is 17.6 Å². The first-order valence-corrected chi connectivity index (χ1v) is 18.3. The van der Waals surface area contributed by atoms with Crippen LogP contribution < -0.4 is 10.6 Å². The average Bonchev–Trinajstić information content (AvgIpc) is 2.89. The molecule has 0 aliphatic heterocycles. The second-order valence-electron chi connectivity index (χ2n) is 9.53. The zero-order valence-electron chi connectivity index (χ0n) is 24.2. The highest BCUT2D eigenvalue weighted by atomic mass is 28.5. The van der Waals surface area contributed by atoms with Crippen LogP contribution in [-0.4, -0.2) is 72.2 Å². The molecule has 212 valence electrons. The molecule has 35 heavy (non-hydrogen) atoms. The van der Waals surface area contributed by atoms with Crippen LogP contribution in [0.25, 0.3) is 0 Å². The molecule has 0 aliphatic rings. The molecule has 0 bridgehead atoms. The molecule has 0 aromatic carbocycles. The van der Waals surface area contributed by atoms with Crippen molar-refractivity contribution in [1.82, 2.24) is 10.6 Å². The number of rotatable bonds is 28. The molecule has 0 heterocycles. The van der Waals surface area contributed by atoms with E-state index in [0.717, 1.165) is 51.1 Å². The van der Waals surface area contributed by atoms with Crippen LogP contribution in [0, 0.1) is 0 Å². The molecule has 0 amide bonds. The molecule has 0 aromatic rings. The van der Waals surface area contributed by atoms with Crippen molar-refractivity contribution in [3.05, 3.63) is 0 Å². The Bertz CT molecular complexity index is 404. The second kappa shape index (κ2) is 24.5. The Morgan fingerprint density at radius 2 is 0.743 bits per heavy atom. The van der Waals surface area contributed by atoms with Gasteiger partial charge in [-0.3, -0.25) is 0 Å². The van der Waals surface area contributed by atoms with Crippen molar-refractivity contribution in [3.8, 4) is 0 Å². The molecule has 0 atom stereocenters. The van der Waals surface area contributed by atoms with Gasteiger partial charge in [0.1, 0.15) is 0 Å². The maximum atomic E-state index is 6.52. The summed E-state index contributed by atoms with van der Waals surface area (Å²) in [7, 11) is 1.03. The number of hydrogen-bond donors (Lipinski definition) is 2. The summed E-state index contributed by atoms with van der Waals surface area (Å²) in [6.45, 7) is 8.54. The van der Waals surface area contributed by atoms with Crippen molar-refractivity contribution < 1.29 is 21.8 Å². The molecule has 0 rings (SSSR count). The molecule has 0 radical (unpaired) electrons. The van der Waals surface area contributed by atoms with E-state index in [-0.39, 0.29) is 0 Å². The molecule has 0 fully saturated rings. The van der Waals surface area contributed by atoms with Gasteiger partial charge in [0, 0.05) is 40.5 Å². The summed E-state index contributed by atoms with van der Waals surface area (Å²) in [5.41, 5.74) is 0. The Morgan fingerprint density at radius 1 is 0.429 bits per heavy atom. The molecular formula is C26H60N2O5Si2. The fourth-order valence-corrected chi connectivity index (χ4v) is 10.7. The van der Waals surface area contributed by atoms with E-state index in [1.54, 1.807) is 28.4 Å². The molecule has 0 saturated heterocycles. The minimum absolute atomic E-state index is 0.751. The first-order chi connectivity index (χ1) is 17.1. The largest absolute Gasteiger partial charge is 0.493 e. The summed E-state index contributed by atoms with van der Waals surface area (Å²) in [4.78, 5) is 0. The molecule has 0 unspecified atom stereocenters. The van der Waals surface area contributed by atoms with Crippen LogP contribution in [0.1, 0.15) is 104 Å². The Balaban J connectivity index is 4.29. The third kappa shape index (κ3) is 18.1. The summed E-state index contributed by atoms with van der Waals surface area (Å²) in [5, 5.41) is 7.11. The summed E-state index contributed by atoms with van der Waals surface area (Å²) in [5.74, 6) is 0. The van der Waals surface area contributed by atoms with Crippen molar-refractivity contribution in [2.24, 2.45) is 0 Å². The maximum Gasteiger partial charge on any atom is 0.493 e. The Hall–Kier alpha value is 0.154. The van der Waals surface area contributed by atoms with Crippen LogP contribution in [-0.2, 0) is 21.8 Å². The van der Waals surface area contributed by atoms with Crippen molar-refractivity contribution in [2.75, 3.05) is 54.6 Å². The Morgan fingerprint density at radius 3 is 1.09 bits per heavy atom. The molecule has 7 nitrogen and oxygen atoms in total. The highest BCUT2D eigenvalue weighted by Gasteiger charge is 2.51. The molecule has 0 saturated carbocycles. The Labute approximate surface area is 220 Å². The first kappa shape index (κ1) is 35.2. The second-order valence-corrected chi connectivity index (χ2v) is 15.7. The fourth-order valence-electron chi connectivity index (χ4n) is 4.25. The lowest BCUT2D eigenvalue weighted by Gasteiger charge is -2.35. The van der Waals surface area contributed by atoms with Crippen LogP contribution in [0.5, 0.6) is 0 Å². The summed E-state index contributed by atoms with van der Waals surface area (Å²) < 4.78 is 29.9. The highest BCUT2D eigenvalue weighted by molar-refractivity contribution is 6.74. The molecule has 9 heteroatoms. The van der Waals surface area contributed by atoms with Gasteiger partial charge in [-0.1, -0.05) is 78.1 Å². The fraction of sp³-hybridized carbons (Fsp3) is 1.00. The van der Waals surface area contributed by atoms with Gasteiger partial charge in [-0.2, -0.15) is 0 Å². The minimum Gasteiger partial charge on any atom is -0.377 e. The third-order valence-corrected chi connectivity index (χ3v) is 13.6. The smallest absolute Gasteiger partial charge is 0.377 e. The minimum atomic E-state index is -2.86. The van der Waals surface area contributed by atoms with Gasteiger partial charge in [-0.25, -0.2) is 0 Å². The van der Waals surface area contributed by atoms with Crippen molar-refractivity contribution in [1.29, 1.82) is 0 Å². The van der Waals surface area contributed by atoms with Gasteiger partial charge in [0.15, 0.2) is 0 Å². The maximum absolute atomic E-state index is 6.52. The highest BCUT2D eigenvalue weighted by Crippen LogP contribution is 2.26. The lowest BCUT2D eigenvalue weighted by molar-refractivity contribution is 0.0859. The SMILES string of the molecule is CCCCCCCCNCCC[Si](OC)(OC)O[Si](CCCNCCCCCCCC)(OC)OC. The predicted molar refractivity (Wildman–Crippen MR) is 152 cm³/mol. The van der Waals surface area contributed by atoms with Gasteiger partial charge in [0.25, 0.3) is 0 Å². The van der Waals surface area contributed by atoms with E-state index >= 15 is 0 Å². The number of hydrogen-bond acceptors (Lipinski definition) is 7. The normalized spacial score (nSPS) is 12.5. The molecule has 0 aromatic heterocycles. The van der Waals surface area contributed by atoms with Gasteiger partial charge in [0.05, 0.1) is 0 Å². The third-order valence-electron chi connectivity index (χ3n) is 6.64. The summed E-state index contributed by atoms with van der Waals surface area (Å²) in [6.07, 6.45) is 17.8. The average molecular weight is 537 g/mol. The quantitative estimate of drug-likeness (QED) is 0.0918. The van der Waals surface area contributed by atoms with Gasteiger partial charge >= 0.3 is 17.6 Å². The van der Waals surface area contributed by atoms with E-state index in [1.165, 1.54) is 77.0 Å². The lowest BCUT2D eigenvalue weighted by Crippen LogP contribution is -2.57. The van der Waals surface area contributed by atoms with Gasteiger partial charge < -0.3 is 32.5 Å². The van der Waals surface area contributed by atoms with Gasteiger partial charge in [-0.05, 0) is 51.9 Å². The van der Waals surface area contributed by atoms with Gasteiger partial charge in [0.2, 0.25) is 0 Å². The predicted octanol–water partition coefficient (Wildman–Crippen LogP) is 6.15. The van der Waals surface area contributed by atoms with Crippen LogP contribution in [0.3, 0.4) is 0 Å². The molecule has 0 aliphatic carbocycles. The van der Waals surface area contributed by atoms with E-state index in [0.29, 0.717) is 0 Å². The molecule has 2 N–H and O–H groups in total. The molecular weight excluding hydrogens is 476 g/mol. The van der Waals surface area contributed by atoms with E-state index in [2.05, 4.69) is 24.5 Å². The lowest BCUT2D eigenvalue weighted by atomic mass is 10.1. The van der Waals surface area contributed by atoms with Crippen LogP contribution >= 0.6 is 0 Å². The molecule has 0 spiro atoms. The number of nitrogens with one attached hydrogen (secondary N) is 2. The van der Waals surface area contributed by atoms with Crippen molar-refractivity contribution in [3.63, 3.8) is 0 Å². The standard InChI is InChI=1S/C26H60N2O5Si2/c1-7-9-11-13-15-17-21-27-23-19-25-34(29-3,30-4)33-35(31-5,32-6)26-20-24-28-22-18-16-14-12-10-8-2/h27-28H,7-26H2,1-6H3. The van der Waals surface area contributed by atoms with E-state index in [1.807, 2.05) is 0 Å². The van der Waals surface area contributed by atoms with E-state index in [9.17, 15) is 0 Å². The van der Waals surface area contributed by atoms with E-state index in [4.69, 9.17) is 21.8 Å².